The van der Waals surface area contributed by atoms with Crippen molar-refractivity contribution < 1.29 is 0 Å². The number of nitrogens with one attached hydrogen (secondary N) is 1. The van der Waals surface area contributed by atoms with Crippen molar-refractivity contribution in [2.75, 3.05) is 5.32 Å². The molecule has 0 saturated carbocycles. The predicted molar refractivity (Wildman–Crippen MR) is 117 cm³/mol. The SMILES string of the molecule is Cc1cc(C)c(NC(=S)N(Cc2ccccc2)Cc2cccs2)c(C)c1. The number of nitrogens with zero attached hydrogens (tertiary/aromatic N) is 1. The zero-order valence-electron chi connectivity index (χ0n) is 15.5. The van der Waals surface area contributed by atoms with Gasteiger partial charge in [0.15, 0.2) is 5.11 Å². The third-order valence-corrected chi connectivity index (χ3v) is 5.56. The van der Waals surface area contributed by atoms with E-state index >= 15 is 0 Å². The van der Waals surface area contributed by atoms with E-state index in [2.05, 4.69) is 84.9 Å². The molecule has 26 heavy (non-hydrogen) atoms. The minimum atomic E-state index is 0.761. The van der Waals surface area contributed by atoms with Gasteiger partial charge in [-0.25, -0.2) is 0 Å². The van der Waals surface area contributed by atoms with Crippen molar-refractivity contribution in [1.82, 2.24) is 4.90 Å². The minimum Gasteiger partial charge on any atom is -0.340 e. The summed E-state index contributed by atoms with van der Waals surface area (Å²) in [6, 6.07) is 19.1. The molecule has 0 radical (unpaired) electrons. The standard InChI is InChI=1S/C22H24N2S2/c1-16-12-17(2)21(18(3)13-16)23-22(25)24(15-20-10-7-11-26-20)14-19-8-5-4-6-9-19/h4-13H,14-15H2,1-3H3,(H,23,25). The average molecular weight is 381 g/mol. The van der Waals surface area contributed by atoms with Crippen LogP contribution in [0.1, 0.15) is 27.1 Å². The summed E-state index contributed by atoms with van der Waals surface area (Å²) in [6.45, 7) is 7.98. The summed E-state index contributed by atoms with van der Waals surface area (Å²) in [4.78, 5) is 3.54. The molecule has 3 aromatic rings. The molecule has 0 amide bonds. The van der Waals surface area contributed by atoms with Gasteiger partial charge in [0.2, 0.25) is 0 Å². The van der Waals surface area contributed by atoms with Crippen LogP contribution in [0.25, 0.3) is 0 Å². The van der Waals surface area contributed by atoms with Gasteiger partial charge in [0.25, 0.3) is 0 Å². The van der Waals surface area contributed by atoms with Gasteiger partial charge in [-0.3, -0.25) is 0 Å². The summed E-state index contributed by atoms with van der Waals surface area (Å²) in [7, 11) is 0. The fourth-order valence-electron chi connectivity index (χ4n) is 3.16. The zero-order chi connectivity index (χ0) is 18.5. The minimum absolute atomic E-state index is 0.761. The van der Waals surface area contributed by atoms with Crippen molar-refractivity contribution in [3.63, 3.8) is 0 Å². The van der Waals surface area contributed by atoms with Crippen LogP contribution in [0.4, 0.5) is 5.69 Å². The highest BCUT2D eigenvalue weighted by Gasteiger charge is 2.14. The van der Waals surface area contributed by atoms with Crippen LogP contribution in [0.15, 0.2) is 60.0 Å². The number of anilines is 1. The van der Waals surface area contributed by atoms with Crippen LogP contribution < -0.4 is 5.32 Å². The van der Waals surface area contributed by atoms with Crippen LogP contribution >= 0.6 is 23.6 Å². The van der Waals surface area contributed by atoms with E-state index in [1.54, 1.807) is 11.3 Å². The van der Waals surface area contributed by atoms with E-state index in [9.17, 15) is 0 Å². The maximum atomic E-state index is 5.80. The lowest BCUT2D eigenvalue weighted by Crippen LogP contribution is -2.34. The van der Waals surface area contributed by atoms with E-state index in [4.69, 9.17) is 12.2 Å². The molecule has 0 aliphatic carbocycles. The Balaban J connectivity index is 1.82. The fourth-order valence-corrected chi connectivity index (χ4v) is 4.11. The first-order chi connectivity index (χ1) is 12.5. The van der Waals surface area contributed by atoms with Crippen molar-refractivity contribution in [2.24, 2.45) is 0 Å². The second kappa shape index (κ2) is 8.47. The molecule has 0 aliphatic rings. The summed E-state index contributed by atoms with van der Waals surface area (Å²) in [5.74, 6) is 0. The highest BCUT2D eigenvalue weighted by atomic mass is 32.1. The molecule has 1 N–H and O–H groups in total. The van der Waals surface area contributed by atoms with Crippen molar-refractivity contribution in [1.29, 1.82) is 0 Å². The van der Waals surface area contributed by atoms with Gasteiger partial charge in [0.1, 0.15) is 0 Å². The zero-order valence-corrected chi connectivity index (χ0v) is 17.1. The van der Waals surface area contributed by atoms with Crippen molar-refractivity contribution in [2.45, 2.75) is 33.9 Å². The molecule has 4 heteroatoms. The van der Waals surface area contributed by atoms with Crippen LogP contribution in [-0.2, 0) is 13.1 Å². The molecule has 0 saturated heterocycles. The van der Waals surface area contributed by atoms with Gasteiger partial charge in [0.05, 0.1) is 6.54 Å². The van der Waals surface area contributed by atoms with Gasteiger partial charge in [-0.05, 0) is 61.1 Å². The van der Waals surface area contributed by atoms with Crippen molar-refractivity contribution >= 4 is 34.4 Å². The molecular formula is C22H24N2S2. The van der Waals surface area contributed by atoms with Crippen LogP contribution in [0, 0.1) is 20.8 Å². The van der Waals surface area contributed by atoms with Gasteiger partial charge >= 0.3 is 0 Å². The van der Waals surface area contributed by atoms with E-state index in [0.717, 1.165) is 23.9 Å². The van der Waals surface area contributed by atoms with Crippen LogP contribution in [-0.4, -0.2) is 10.0 Å². The Morgan fingerprint density at radius 2 is 1.65 bits per heavy atom. The second-order valence-electron chi connectivity index (χ2n) is 6.62. The summed E-state index contributed by atoms with van der Waals surface area (Å²) >= 11 is 7.57. The summed E-state index contributed by atoms with van der Waals surface area (Å²) in [5, 5.41) is 6.37. The molecule has 0 fully saturated rings. The molecule has 1 heterocycles. The van der Waals surface area contributed by atoms with E-state index < -0.39 is 0 Å². The lowest BCUT2D eigenvalue weighted by atomic mass is 10.1. The van der Waals surface area contributed by atoms with Crippen LogP contribution in [0.2, 0.25) is 0 Å². The molecule has 2 aromatic carbocycles. The molecule has 0 bridgehead atoms. The summed E-state index contributed by atoms with van der Waals surface area (Å²) in [5.41, 5.74) is 6.09. The van der Waals surface area contributed by atoms with Gasteiger partial charge in [-0.2, -0.15) is 0 Å². The van der Waals surface area contributed by atoms with E-state index in [-0.39, 0.29) is 0 Å². The number of rotatable bonds is 5. The Labute approximate surface area is 165 Å². The maximum absolute atomic E-state index is 5.80. The Morgan fingerprint density at radius 1 is 0.962 bits per heavy atom. The predicted octanol–water partition coefficient (Wildman–Crippen LogP) is 6.07. The van der Waals surface area contributed by atoms with E-state index in [1.807, 2.05) is 6.07 Å². The molecule has 0 aliphatic heterocycles. The molecule has 2 nitrogen and oxygen atoms in total. The molecule has 1 aromatic heterocycles. The Morgan fingerprint density at radius 3 is 2.27 bits per heavy atom. The number of hydrogen-bond acceptors (Lipinski definition) is 2. The Bertz CT molecular complexity index is 847. The molecule has 0 unspecified atom stereocenters. The lowest BCUT2D eigenvalue weighted by Gasteiger charge is -2.27. The number of aryl methyl sites for hydroxylation is 3. The van der Waals surface area contributed by atoms with Gasteiger partial charge in [0, 0.05) is 17.1 Å². The number of thiocarbonyl (C=S) groups is 1. The van der Waals surface area contributed by atoms with Gasteiger partial charge < -0.3 is 10.2 Å². The van der Waals surface area contributed by atoms with E-state index in [0.29, 0.717) is 0 Å². The van der Waals surface area contributed by atoms with Gasteiger partial charge in [-0.15, -0.1) is 11.3 Å². The third-order valence-electron chi connectivity index (χ3n) is 4.34. The lowest BCUT2D eigenvalue weighted by molar-refractivity contribution is 0.416. The number of thiophene rings is 1. The largest absolute Gasteiger partial charge is 0.340 e. The molecule has 0 atom stereocenters. The number of benzene rings is 2. The monoisotopic (exact) mass is 380 g/mol. The van der Waals surface area contributed by atoms with Crippen molar-refractivity contribution in [3.05, 3.63) is 87.1 Å². The highest BCUT2D eigenvalue weighted by molar-refractivity contribution is 7.80. The highest BCUT2D eigenvalue weighted by Crippen LogP contribution is 2.23. The maximum Gasteiger partial charge on any atom is 0.174 e. The first kappa shape index (κ1) is 18.6. The van der Waals surface area contributed by atoms with Crippen LogP contribution in [0.3, 0.4) is 0 Å². The van der Waals surface area contributed by atoms with Gasteiger partial charge in [-0.1, -0.05) is 54.1 Å². The van der Waals surface area contributed by atoms with Crippen molar-refractivity contribution in [3.8, 4) is 0 Å². The quantitative estimate of drug-likeness (QED) is 0.541. The number of hydrogen-bond donors (Lipinski definition) is 1. The van der Waals surface area contributed by atoms with Crippen LogP contribution in [0.5, 0.6) is 0 Å². The fraction of sp³-hybridized carbons (Fsp3) is 0.227. The molecular weight excluding hydrogens is 356 g/mol. The first-order valence-electron chi connectivity index (χ1n) is 8.73. The average Bonchev–Trinajstić information content (AvgIpc) is 3.11. The Hall–Kier alpha value is -2.17. The molecule has 3 rings (SSSR count). The third kappa shape index (κ3) is 4.71. The summed E-state index contributed by atoms with van der Waals surface area (Å²) < 4.78 is 0. The summed E-state index contributed by atoms with van der Waals surface area (Å²) in [6.07, 6.45) is 0. The second-order valence-corrected chi connectivity index (χ2v) is 8.04. The Kier molecular flexibility index (Phi) is 6.07. The smallest absolute Gasteiger partial charge is 0.174 e. The normalized spacial score (nSPS) is 10.6. The molecule has 0 spiro atoms. The van der Waals surface area contributed by atoms with E-state index in [1.165, 1.54) is 27.1 Å². The topological polar surface area (TPSA) is 15.3 Å². The molecule has 134 valence electrons. The first-order valence-corrected chi connectivity index (χ1v) is 10.0.